The molecule has 2 aromatic rings. The summed E-state index contributed by atoms with van der Waals surface area (Å²) in [5, 5.41) is 3.14. The summed E-state index contributed by atoms with van der Waals surface area (Å²) >= 11 is 0. The molecule has 28 heavy (non-hydrogen) atoms. The molecular weight excluding hydrogens is 363 g/mol. The number of piperazine rings is 1. The zero-order valence-corrected chi connectivity index (χ0v) is 15.7. The van der Waals surface area contributed by atoms with Crippen LogP contribution in [0.25, 0.3) is 0 Å². The second-order valence-electron chi connectivity index (χ2n) is 6.39. The van der Waals surface area contributed by atoms with Crippen molar-refractivity contribution in [2.45, 2.75) is 13.5 Å². The van der Waals surface area contributed by atoms with Gasteiger partial charge in [-0.05, 0) is 36.8 Å². The maximum Gasteiger partial charge on any atom is 0.409 e. The van der Waals surface area contributed by atoms with Crippen molar-refractivity contribution in [3.8, 4) is 0 Å². The molecule has 2 amide bonds. The molecule has 0 unspecified atom stereocenters. The highest BCUT2D eigenvalue weighted by Gasteiger charge is 2.25. The van der Waals surface area contributed by atoms with Gasteiger partial charge in [0.15, 0.2) is 0 Å². The van der Waals surface area contributed by atoms with Crippen LogP contribution in [0.5, 0.6) is 0 Å². The predicted octanol–water partition coefficient (Wildman–Crippen LogP) is 2.75. The van der Waals surface area contributed by atoms with Gasteiger partial charge in [-0.2, -0.15) is 0 Å². The number of carbonyl (C=O) groups excluding carboxylic acids is 2. The molecule has 3 rings (SSSR count). The monoisotopic (exact) mass is 386 g/mol. The Morgan fingerprint density at radius 2 is 1.79 bits per heavy atom. The second-order valence-corrected chi connectivity index (χ2v) is 6.39. The summed E-state index contributed by atoms with van der Waals surface area (Å²) in [6, 6.07) is 9.56. The number of anilines is 1. The SMILES string of the molecule is CCOC(=O)N1CCN(C(=O)c2ccnc(NCc3ccc(F)cc3)c2)CC1. The molecule has 0 radical (unpaired) electrons. The first-order valence-electron chi connectivity index (χ1n) is 9.22. The second kappa shape index (κ2) is 9.16. The van der Waals surface area contributed by atoms with E-state index in [4.69, 9.17) is 4.74 Å². The van der Waals surface area contributed by atoms with Crippen LogP contribution < -0.4 is 5.32 Å². The van der Waals surface area contributed by atoms with Crippen LogP contribution in [0.2, 0.25) is 0 Å². The number of pyridine rings is 1. The number of hydrogen-bond donors (Lipinski definition) is 1. The molecule has 1 saturated heterocycles. The highest BCUT2D eigenvalue weighted by atomic mass is 19.1. The van der Waals surface area contributed by atoms with Gasteiger partial charge in [-0.25, -0.2) is 14.2 Å². The van der Waals surface area contributed by atoms with Crippen LogP contribution in [-0.2, 0) is 11.3 Å². The van der Waals surface area contributed by atoms with Crippen molar-refractivity contribution in [2.24, 2.45) is 0 Å². The maximum absolute atomic E-state index is 13.0. The molecule has 0 bridgehead atoms. The van der Waals surface area contributed by atoms with E-state index in [1.165, 1.54) is 12.1 Å². The van der Waals surface area contributed by atoms with Gasteiger partial charge in [-0.1, -0.05) is 12.1 Å². The molecule has 0 atom stereocenters. The van der Waals surface area contributed by atoms with Crippen molar-refractivity contribution in [1.82, 2.24) is 14.8 Å². The van der Waals surface area contributed by atoms with Gasteiger partial charge in [0.05, 0.1) is 6.61 Å². The Morgan fingerprint density at radius 1 is 1.11 bits per heavy atom. The number of halogens is 1. The first-order chi connectivity index (χ1) is 13.6. The summed E-state index contributed by atoms with van der Waals surface area (Å²) in [5.41, 5.74) is 1.44. The van der Waals surface area contributed by atoms with Gasteiger partial charge in [-0.15, -0.1) is 0 Å². The summed E-state index contributed by atoms with van der Waals surface area (Å²) in [5.74, 6) is 0.189. The lowest BCUT2D eigenvalue weighted by Crippen LogP contribution is -2.50. The molecule has 8 heteroatoms. The van der Waals surface area contributed by atoms with Crippen molar-refractivity contribution in [3.05, 3.63) is 59.5 Å². The van der Waals surface area contributed by atoms with E-state index in [9.17, 15) is 14.0 Å². The summed E-state index contributed by atoms with van der Waals surface area (Å²) < 4.78 is 18.0. The molecule has 0 aliphatic carbocycles. The topological polar surface area (TPSA) is 74.8 Å². The molecular formula is C20H23FN4O3. The lowest BCUT2D eigenvalue weighted by molar-refractivity contribution is 0.0570. The van der Waals surface area contributed by atoms with E-state index >= 15 is 0 Å². The van der Waals surface area contributed by atoms with Gasteiger partial charge in [0.2, 0.25) is 0 Å². The quantitative estimate of drug-likeness (QED) is 0.855. The Kier molecular flexibility index (Phi) is 6.41. The number of rotatable bonds is 5. The van der Waals surface area contributed by atoms with Crippen LogP contribution in [-0.4, -0.2) is 59.6 Å². The van der Waals surface area contributed by atoms with Crippen LogP contribution in [0.3, 0.4) is 0 Å². The van der Waals surface area contributed by atoms with Crippen molar-refractivity contribution in [3.63, 3.8) is 0 Å². The maximum atomic E-state index is 13.0. The molecule has 1 fully saturated rings. The fraction of sp³-hybridized carbons (Fsp3) is 0.350. The third-order valence-electron chi connectivity index (χ3n) is 4.49. The summed E-state index contributed by atoms with van der Waals surface area (Å²) in [4.78, 5) is 32.1. The standard InChI is InChI=1S/C20H23FN4O3/c1-2-28-20(27)25-11-9-24(10-12-25)19(26)16-7-8-22-18(13-16)23-14-15-3-5-17(21)6-4-15/h3-8,13H,2,9-12,14H2,1H3,(H,22,23). The Balaban J connectivity index is 1.56. The van der Waals surface area contributed by atoms with E-state index < -0.39 is 0 Å². The molecule has 1 aliphatic rings. The van der Waals surface area contributed by atoms with Gasteiger partial charge >= 0.3 is 6.09 Å². The Morgan fingerprint density at radius 3 is 2.46 bits per heavy atom. The number of nitrogens with zero attached hydrogens (tertiary/aromatic N) is 3. The average Bonchev–Trinajstić information content (AvgIpc) is 2.73. The Labute approximate surface area is 163 Å². The molecule has 1 N–H and O–H groups in total. The molecule has 0 saturated carbocycles. The van der Waals surface area contributed by atoms with Gasteiger partial charge in [0.1, 0.15) is 11.6 Å². The number of benzene rings is 1. The highest BCUT2D eigenvalue weighted by Crippen LogP contribution is 2.14. The summed E-state index contributed by atoms with van der Waals surface area (Å²) in [6.07, 6.45) is 1.24. The lowest BCUT2D eigenvalue weighted by atomic mass is 10.2. The minimum atomic E-state index is -0.342. The third kappa shape index (κ3) is 4.97. The van der Waals surface area contributed by atoms with Crippen LogP contribution in [0.15, 0.2) is 42.6 Å². The molecule has 1 aromatic heterocycles. The zero-order valence-electron chi connectivity index (χ0n) is 15.7. The number of nitrogens with one attached hydrogen (secondary N) is 1. The van der Waals surface area contributed by atoms with Crippen molar-refractivity contribution >= 4 is 17.8 Å². The van der Waals surface area contributed by atoms with Gasteiger partial charge in [0.25, 0.3) is 5.91 Å². The van der Waals surface area contributed by atoms with E-state index in [1.54, 1.807) is 47.2 Å². The number of aromatic nitrogens is 1. The number of hydrogen-bond acceptors (Lipinski definition) is 5. The van der Waals surface area contributed by atoms with Gasteiger partial charge in [0, 0.05) is 44.5 Å². The first-order valence-corrected chi connectivity index (χ1v) is 9.22. The Hall–Kier alpha value is -3.16. The van der Waals surface area contributed by atoms with Crippen LogP contribution in [0, 0.1) is 5.82 Å². The third-order valence-corrected chi connectivity index (χ3v) is 4.49. The predicted molar refractivity (Wildman–Crippen MR) is 102 cm³/mol. The molecule has 0 spiro atoms. The molecule has 1 aromatic carbocycles. The van der Waals surface area contributed by atoms with E-state index in [0.29, 0.717) is 50.7 Å². The minimum absolute atomic E-state index is 0.101. The average molecular weight is 386 g/mol. The fourth-order valence-corrected chi connectivity index (χ4v) is 2.94. The van der Waals surface area contributed by atoms with Crippen molar-refractivity contribution < 1.29 is 18.7 Å². The first kappa shape index (κ1) is 19.6. The van der Waals surface area contributed by atoms with E-state index in [1.807, 2.05) is 0 Å². The van der Waals surface area contributed by atoms with E-state index in [-0.39, 0.29) is 17.8 Å². The largest absolute Gasteiger partial charge is 0.450 e. The molecule has 2 heterocycles. The fourth-order valence-electron chi connectivity index (χ4n) is 2.94. The number of carbonyl (C=O) groups is 2. The smallest absolute Gasteiger partial charge is 0.409 e. The van der Waals surface area contributed by atoms with Gasteiger partial charge in [-0.3, -0.25) is 4.79 Å². The molecule has 1 aliphatic heterocycles. The number of amides is 2. The molecule has 148 valence electrons. The number of ether oxygens (including phenoxy) is 1. The summed E-state index contributed by atoms with van der Waals surface area (Å²) in [7, 11) is 0. The van der Waals surface area contributed by atoms with E-state index in [2.05, 4.69) is 10.3 Å². The lowest BCUT2D eigenvalue weighted by Gasteiger charge is -2.34. The van der Waals surface area contributed by atoms with Crippen LogP contribution in [0.1, 0.15) is 22.8 Å². The zero-order chi connectivity index (χ0) is 19.9. The normalized spacial score (nSPS) is 13.9. The highest BCUT2D eigenvalue weighted by molar-refractivity contribution is 5.95. The van der Waals surface area contributed by atoms with Crippen LogP contribution >= 0.6 is 0 Å². The van der Waals surface area contributed by atoms with Crippen LogP contribution in [0.4, 0.5) is 15.0 Å². The van der Waals surface area contributed by atoms with E-state index in [0.717, 1.165) is 5.56 Å². The van der Waals surface area contributed by atoms with Crippen molar-refractivity contribution in [2.75, 3.05) is 38.1 Å². The summed E-state index contributed by atoms with van der Waals surface area (Å²) in [6.45, 7) is 4.39. The van der Waals surface area contributed by atoms with Crippen molar-refractivity contribution in [1.29, 1.82) is 0 Å². The minimum Gasteiger partial charge on any atom is -0.450 e. The Bertz CT molecular complexity index is 820. The van der Waals surface area contributed by atoms with Gasteiger partial charge < -0.3 is 19.9 Å². The molecule has 7 nitrogen and oxygen atoms in total.